The molecule has 66 valence electrons. The van der Waals surface area contributed by atoms with Gasteiger partial charge in [-0.2, -0.15) is 0 Å². The molecule has 1 saturated carbocycles. The van der Waals surface area contributed by atoms with Gasteiger partial charge < -0.3 is 11.5 Å². The van der Waals surface area contributed by atoms with Gasteiger partial charge in [-0.15, -0.1) is 0 Å². The van der Waals surface area contributed by atoms with Crippen LogP contribution in [0.25, 0.3) is 0 Å². The Labute approximate surface area is 69.3 Å². The molecule has 2 atom stereocenters. The Balaban J connectivity index is 2.57. The quantitative estimate of drug-likeness (QED) is 0.632. The molecule has 1 aliphatic carbocycles. The van der Waals surface area contributed by atoms with Gasteiger partial charge in [0.2, 0.25) is 0 Å². The van der Waals surface area contributed by atoms with Crippen LogP contribution < -0.4 is 11.5 Å². The zero-order valence-corrected chi connectivity index (χ0v) is 7.47. The van der Waals surface area contributed by atoms with E-state index < -0.39 is 0 Å². The fourth-order valence-corrected chi connectivity index (χ4v) is 2.22. The maximum absolute atomic E-state index is 6.19. The second-order valence-electron chi connectivity index (χ2n) is 3.79. The third kappa shape index (κ3) is 1.74. The third-order valence-electron chi connectivity index (χ3n) is 3.13. The second kappa shape index (κ2) is 3.55. The zero-order chi connectivity index (χ0) is 8.32. The largest absolute Gasteiger partial charge is 0.329 e. The first-order chi connectivity index (χ1) is 5.23. The fourth-order valence-electron chi connectivity index (χ4n) is 2.22. The van der Waals surface area contributed by atoms with Crippen LogP contribution in [0, 0.1) is 5.92 Å². The Bertz CT molecular complexity index is 125. The molecule has 0 aromatic rings. The highest BCUT2D eigenvalue weighted by Crippen LogP contribution is 2.32. The maximum Gasteiger partial charge on any atom is 0.0307 e. The first kappa shape index (κ1) is 9.01. The lowest BCUT2D eigenvalue weighted by molar-refractivity contribution is 0.190. The van der Waals surface area contributed by atoms with Crippen LogP contribution in [0.3, 0.4) is 0 Å². The highest BCUT2D eigenvalue weighted by Gasteiger charge is 2.34. The van der Waals surface area contributed by atoms with Crippen molar-refractivity contribution in [1.82, 2.24) is 0 Å². The van der Waals surface area contributed by atoms with E-state index in [0.717, 1.165) is 6.42 Å². The van der Waals surface area contributed by atoms with Crippen molar-refractivity contribution < 1.29 is 0 Å². The van der Waals surface area contributed by atoms with E-state index in [-0.39, 0.29) is 5.54 Å². The molecule has 0 bridgehead atoms. The van der Waals surface area contributed by atoms with Crippen molar-refractivity contribution in [3.05, 3.63) is 0 Å². The summed E-state index contributed by atoms with van der Waals surface area (Å²) >= 11 is 0. The molecule has 2 nitrogen and oxygen atoms in total. The average molecular weight is 156 g/mol. The lowest BCUT2D eigenvalue weighted by Gasteiger charge is -2.40. The normalized spacial score (nSPS) is 39.0. The summed E-state index contributed by atoms with van der Waals surface area (Å²) in [5.74, 6) is 0.668. The van der Waals surface area contributed by atoms with Crippen LogP contribution in [0.4, 0.5) is 0 Å². The molecule has 0 aliphatic heterocycles. The van der Waals surface area contributed by atoms with Gasteiger partial charge in [0.05, 0.1) is 0 Å². The average Bonchev–Trinajstić information content (AvgIpc) is 2.05. The van der Waals surface area contributed by atoms with Crippen molar-refractivity contribution in [2.45, 2.75) is 44.6 Å². The molecule has 4 N–H and O–H groups in total. The van der Waals surface area contributed by atoms with E-state index in [4.69, 9.17) is 11.5 Å². The summed E-state index contributed by atoms with van der Waals surface area (Å²) in [6.07, 6.45) is 6.21. The highest BCUT2D eigenvalue weighted by molar-refractivity contribution is 4.94. The van der Waals surface area contributed by atoms with Crippen molar-refractivity contribution in [2.75, 3.05) is 6.54 Å². The van der Waals surface area contributed by atoms with E-state index in [9.17, 15) is 0 Å². The molecule has 0 amide bonds. The van der Waals surface area contributed by atoms with Crippen LogP contribution in [0.15, 0.2) is 0 Å². The van der Waals surface area contributed by atoms with Gasteiger partial charge in [0.25, 0.3) is 0 Å². The number of nitrogens with two attached hydrogens (primary N) is 2. The lowest BCUT2D eigenvalue weighted by atomic mass is 9.72. The third-order valence-corrected chi connectivity index (χ3v) is 3.13. The van der Waals surface area contributed by atoms with Crippen molar-refractivity contribution >= 4 is 0 Å². The molecule has 0 saturated heterocycles. The van der Waals surface area contributed by atoms with E-state index in [2.05, 4.69) is 6.92 Å². The Kier molecular flexibility index (Phi) is 2.90. The second-order valence-corrected chi connectivity index (χ2v) is 3.79. The zero-order valence-electron chi connectivity index (χ0n) is 7.47. The summed E-state index contributed by atoms with van der Waals surface area (Å²) in [6.45, 7) is 2.87. The molecular formula is C9H20N2. The summed E-state index contributed by atoms with van der Waals surface area (Å²) in [4.78, 5) is 0. The summed E-state index contributed by atoms with van der Waals surface area (Å²) in [5, 5.41) is 0. The topological polar surface area (TPSA) is 52.0 Å². The lowest BCUT2D eigenvalue weighted by Crippen LogP contribution is -2.54. The molecule has 2 unspecified atom stereocenters. The minimum absolute atomic E-state index is 0.0347. The molecule has 0 aromatic heterocycles. The SMILES string of the molecule is CCC1CCCCC1(N)CN. The Morgan fingerprint density at radius 3 is 2.64 bits per heavy atom. The van der Waals surface area contributed by atoms with Gasteiger partial charge in [0.15, 0.2) is 0 Å². The summed E-state index contributed by atoms with van der Waals surface area (Å²) in [6, 6.07) is 0. The first-order valence-corrected chi connectivity index (χ1v) is 4.72. The van der Waals surface area contributed by atoms with Crippen LogP contribution >= 0.6 is 0 Å². The van der Waals surface area contributed by atoms with E-state index in [0.29, 0.717) is 12.5 Å². The Hall–Kier alpha value is -0.0800. The minimum atomic E-state index is -0.0347. The van der Waals surface area contributed by atoms with Crippen molar-refractivity contribution in [1.29, 1.82) is 0 Å². The number of rotatable bonds is 2. The summed E-state index contributed by atoms with van der Waals surface area (Å²) in [5.41, 5.74) is 11.8. The predicted octanol–water partition coefficient (Wildman–Crippen LogP) is 1.24. The number of hydrogen-bond donors (Lipinski definition) is 2. The molecule has 0 radical (unpaired) electrons. The molecule has 2 heteroatoms. The van der Waals surface area contributed by atoms with Crippen molar-refractivity contribution in [2.24, 2.45) is 17.4 Å². The highest BCUT2D eigenvalue weighted by atomic mass is 14.8. The summed E-state index contributed by atoms with van der Waals surface area (Å²) < 4.78 is 0. The van der Waals surface area contributed by atoms with Crippen LogP contribution in [0.5, 0.6) is 0 Å². The summed E-state index contributed by atoms with van der Waals surface area (Å²) in [7, 11) is 0. The van der Waals surface area contributed by atoms with E-state index >= 15 is 0 Å². The molecule has 1 aliphatic rings. The van der Waals surface area contributed by atoms with Crippen LogP contribution in [0.1, 0.15) is 39.0 Å². The van der Waals surface area contributed by atoms with Gasteiger partial charge >= 0.3 is 0 Å². The predicted molar refractivity (Wildman–Crippen MR) is 48.2 cm³/mol. The number of hydrogen-bond acceptors (Lipinski definition) is 2. The van der Waals surface area contributed by atoms with Gasteiger partial charge in [-0.05, 0) is 18.8 Å². The monoisotopic (exact) mass is 156 g/mol. The smallest absolute Gasteiger partial charge is 0.0307 e. The van der Waals surface area contributed by atoms with Crippen LogP contribution in [-0.4, -0.2) is 12.1 Å². The van der Waals surface area contributed by atoms with Crippen LogP contribution in [0.2, 0.25) is 0 Å². The van der Waals surface area contributed by atoms with E-state index in [1.165, 1.54) is 25.7 Å². The fraction of sp³-hybridized carbons (Fsp3) is 1.00. The molecule has 1 fully saturated rings. The van der Waals surface area contributed by atoms with Crippen molar-refractivity contribution in [3.8, 4) is 0 Å². The van der Waals surface area contributed by atoms with Gasteiger partial charge in [-0.1, -0.05) is 26.2 Å². The van der Waals surface area contributed by atoms with E-state index in [1.807, 2.05) is 0 Å². The van der Waals surface area contributed by atoms with Gasteiger partial charge in [0, 0.05) is 12.1 Å². The van der Waals surface area contributed by atoms with Crippen molar-refractivity contribution in [3.63, 3.8) is 0 Å². The molecule has 0 aromatic carbocycles. The molecule has 11 heavy (non-hydrogen) atoms. The van der Waals surface area contributed by atoms with Gasteiger partial charge in [-0.25, -0.2) is 0 Å². The van der Waals surface area contributed by atoms with Gasteiger partial charge in [0.1, 0.15) is 0 Å². The molecule has 0 heterocycles. The van der Waals surface area contributed by atoms with Crippen LogP contribution in [-0.2, 0) is 0 Å². The van der Waals surface area contributed by atoms with Gasteiger partial charge in [-0.3, -0.25) is 0 Å². The maximum atomic E-state index is 6.19. The molecule has 1 rings (SSSR count). The molecule has 0 spiro atoms. The Morgan fingerprint density at radius 1 is 1.45 bits per heavy atom. The standard InChI is InChI=1S/C9H20N2/c1-2-8-5-3-4-6-9(8,11)7-10/h8H,2-7,10-11H2,1H3. The van der Waals surface area contributed by atoms with E-state index in [1.54, 1.807) is 0 Å². The first-order valence-electron chi connectivity index (χ1n) is 4.72. The Morgan fingerprint density at radius 2 is 2.18 bits per heavy atom. The molecular weight excluding hydrogens is 136 g/mol. The minimum Gasteiger partial charge on any atom is -0.329 e.